The molecule has 2 heterocycles. The van der Waals surface area contributed by atoms with Crippen LogP contribution in [0.1, 0.15) is 6.23 Å². The molecule has 0 amide bonds. The molecule has 2 rings (SSSR count). The fourth-order valence-corrected chi connectivity index (χ4v) is 1.73. The van der Waals surface area contributed by atoms with Crippen LogP contribution in [0.4, 0.5) is 14.6 Å². The number of halogens is 2. The van der Waals surface area contributed by atoms with Crippen LogP contribution in [-0.4, -0.2) is 44.8 Å². The SMILES string of the molecule is Nc1nc(=O)n([C@@H]2O[C@H](CO)C(F)[C@@H]2O)cc1F. The first-order valence-electron chi connectivity index (χ1n) is 5.08. The molecule has 1 aromatic rings. The van der Waals surface area contributed by atoms with E-state index in [0.717, 1.165) is 0 Å². The summed E-state index contributed by atoms with van der Waals surface area (Å²) in [4.78, 5) is 14.6. The molecule has 100 valence electrons. The largest absolute Gasteiger partial charge is 0.394 e. The van der Waals surface area contributed by atoms with Crippen molar-refractivity contribution in [2.24, 2.45) is 0 Å². The number of nitrogens with zero attached hydrogens (tertiary/aromatic N) is 2. The molecule has 7 nitrogen and oxygen atoms in total. The van der Waals surface area contributed by atoms with E-state index in [1.807, 2.05) is 0 Å². The summed E-state index contributed by atoms with van der Waals surface area (Å²) in [5, 5.41) is 18.4. The Morgan fingerprint density at radius 2 is 2.28 bits per heavy atom. The number of nitrogen functional groups attached to an aromatic ring is 1. The topological polar surface area (TPSA) is 111 Å². The summed E-state index contributed by atoms with van der Waals surface area (Å²) in [6, 6.07) is 0. The lowest BCUT2D eigenvalue weighted by molar-refractivity contribution is -0.0541. The Bertz CT molecular complexity index is 509. The molecule has 1 unspecified atom stereocenters. The second kappa shape index (κ2) is 4.59. The Kier molecular flexibility index (Phi) is 3.28. The van der Waals surface area contributed by atoms with Crippen LogP contribution in [0.2, 0.25) is 0 Å². The molecule has 1 fully saturated rings. The third kappa shape index (κ3) is 1.96. The lowest BCUT2D eigenvalue weighted by Crippen LogP contribution is -2.34. The van der Waals surface area contributed by atoms with Crippen LogP contribution in [0, 0.1) is 5.82 Å². The lowest BCUT2D eigenvalue weighted by Gasteiger charge is -2.16. The molecule has 0 spiro atoms. The van der Waals surface area contributed by atoms with Gasteiger partial charge >= 0.3 is 5.69 Å². The van der Waals surface area contributed by atoms with Crippen molar-refractivity contribution in [3.63, 3.8) is 0 Å². The van der Waals surface area contributed by atoms with Gasteiger partial charge in [-0.15, -0.1) is 0 Å². The van der Waals surface area contributed by atoms with Crippen LogP contribution in [0.5, 0.6) is 0 Å². The van der Waals surface area contributed by atoms with Crippen LogP contribution in [0.25, 0.3) is 0 Å². The molecule has 0 aromatic carbocycles. The van der Waals surface area contributed by atoms with Gasteiger partial charge in [0.05, 0.1) is 12.8 Å². The highest BCUT2D eigenvalue weighted by molar-refractivity contribution is 5.26. The first kappa shape index (κ1) is 12.9. The van der Waals surface area contributed by atoms with E-state index < -0.39 is 48.5 Å². The molecular weight excluding hydrogens is 252 g/mol. The number of ether oxygens (including phenoxy) is 1. The number of aromatic nitrogens is 2. The van der Waals surface area contributed by atoms with E-state index >= 15 is 0 Å². The Hall–Kier alpha value is -1.58. The summed E-state index contributed by atoms with van der Waals surface area (Å²) in [5.74, 6) is -1.59. The van der Waals surface area contributed by atoms with E-state index in [1.165, 1.54) is 0 Å². The molecule has 1 aromatic heterocycles. The van der Waals surface area contributed by atoms with E-state index in [4.69, 9.17) is 15.6 Å². The maximum Gasteiger partial charge on any atom is 0.351 e. The molecule has 0 aliphatic carbocycles. The molecule has 1 saturated heterocycles. The van der Waals surface area contributed by atoms with Gasteiger partial charge in [-0.1, -0.05) is 0 Å². The highest BCUT2D eigenvalue weighted by Crippen LogP contribution is 2.30. The average Bonchev–Trinajstić information content (AvgIpc) is 2.61. The molecule has 0 saturated carbocycles. The summed E-state index contributed by atoms with van der Waals surface area (Å²) in [6.45, 7) is -0.672. The number of rotatable bonds is 2. The fraction of sp³-hybridized carbons (Fsp3) is 0.556. The van der Waals surface area contributed by atoms with Gasteiger partial charge in [-0.05, 0) is 0 Å². The average molecular weight is 263 g/mol. The van der Waals surface area contributed by atoms with Gasteiger partial charge in [-0.25, -0.2) is 13.6 Å². The van der Waals surface area contributed by atoms with Crippen molar-refractivity contribution in [1.82, 2.24) is 9.55 Å². The first-order valence-corrected chi connectivity index (χ1v) is 5.08. The van der Waals surface area contributed by atoms with E-state index in [0.29, 0.717) is 10.8 Å². The van der Waals surface area contributed by atoms with Crippen LogP contribution in [0.3, 0.4) is 0 Å². The quantitative estimate of drug-likeness (QED) is 0.602. The predicted molar refractivity (Wildman–Crippen MR) is 54.8 cm³/mol. The Morgan fingerprint density at radius 3 is 2.83 bits per heavy atom. The van der Waals surface area contributed by atoms with E-state index in [1.54, 1.807) is 0 Å². The van der Waals surface area contributed by atoms with Crippen molar-refractivity contribution < 1.29 is 23.7 Å². The Labute approximate surface area is 99.4 Å². The zero-order chi connectivity index (χ0) is 13.4. The number of aliphatic hydroxyl groups is 2. The van der Waals surface area contributed by atoms with Crippen LogP contribution in [0.15, 0.2) is 11.0 Å². The van der Waals surface area contributed by atoms with Gasteiger partial charge in [0, 0.05) is 0 Å². The zero-order valence-corrected chi connectivity index (χ0v) is 9.03. The van der Waals surface area contributed by atoms with Gasteiger partial charge in [0.25, 0.3) is 0 Å². The van der Waals surface area contributed by atoms with Crippen molar-refractivity contribution in [3.8, 4) is 0 Å². The molecule has 1 aliphatic rings. The number of alkyl halides is 1. The van der Waals surface area contributed by atoms with Gasteiger partial charge in [-0.3, -0.25) is 4.57 Å². The molecule has 4 atom stereocenters. The van der Waals surface area contributed by atoms with Crippen LogP contribution < -0.4 is 11.4 Å². The van der Waals surface area contributed by atoms with Gasteiger partial charge in [0.15, 0.2) is 24.0 Å². The molecule has 18 heavy (non-hydrogen) atoms. The summed E-state index contributed by atoms with van der Waals surface area (Å²) in [5.41, 5.74) is 4.10. The van der Waals surface area contributed by atoms with Crippen molar-refractivity contribution in [3.05, 3.63) is 22.5 Å². The third-order valence-corrected chi connectivity index (χ3v) is 2.68. The standard InChI is InChI=1S/C9H11F2N3O4/c10-3-1-14(9(17)13-7(3)12)8-6(16)5(11)4(2-15)18-8/h1,4-6,8,15-16H,2H2,(H2,12,13,17)/t4-,5?,6+,8-/m1/s1. The van der Waals surface area contributed by atoms with Crippen molar-refractivity contribution >= 4 is 5.82 Å². The molecule has 0 bridgehead atoms. The highest BCUT2D eigenvalue weighted by Gasteiger charge is 2.45. The highest BCUT2D eigenvalue weighted by atomic mass is 19.1. The minimum absolute atomic E-state index is 0.596. The van der Waals surface area contributed by atoms with Gasteiger partial charge in [0.1, 0.15) is 12.2 Å². The maximum atomic E-state index is 13.4. The summed E-state index contributed by atoms with van der Waals surface area (Å²) < 4.78 is 32.2. The Balaban J connectivity index is 2.39. The van der Waals surface area contributed by atoms with Gasteiger partial charge in [-0.2, -0.15) is 4.98 Å². The van der Waals surface area contributed by atoms with Crippen molar-refractivity contribution in [2.45, 2.75) is 24.6 Å². The summed E-state index contributed by atoms with van der Waals surface area (Å²) in [6.07, 6.45) is -5.65. The maximum absolute atomic E-state index is 13.4. The molecule has 0 radical (unpaired) electrons. The second-order valence-electron chi connectivity index (χ2n) is 3.85. The van der Waals surface area contributed by atoms with Crippen molar-refractivity contribution in [1.29, 1.82) is 0 Å². The molecular formula is C9H11F2N3O4. The first-order chi connectivity index (χ1) is 8.45. The predicted octanol–water partition coefficient (Wildman–Crippen LogP) is -1.45. The lowest BCUT2D eigenvalue weighted by atomic mass is 10.1. The third-order valence-electron chi connectivity index (χ3n) is 2.68. The monoisotopic (exact) mass is 263 g/mol. The number of hydrogen-bond acceptors (Lipinski definition) is 6. The normalized spacial score (nSPS) is 31.8. The van der Waals surface area contributed by atoms with E-state index in [9.17, 15) is 18.7 Å². The number of anilines is 1. The van der Waals surface area contributed by atoms with Gasteiger partial charge < -0.3 is 20.7 Å². The molecule has 1 aliphatic heterocycles. The molecule has 4 N–H and O–H groups in total. The Morgan fingerprint density at radius 1 is 1.61 bits per heavy atom. The zero-order valence-electron chi connectivity index (χ0n) is 9.03. The smallest absolute Gasteiger partial charge is 0.351 e. The van der Waals surface area contributed by atoms with E-state index in [-0.39, 0.29) is 0 Å². The van der Waals surface area contributed by atoms with E-state index in [2.05, 4.69) is 4.98 Å². The summed E-state index contributed by atoms with van der Waals surface area (Å²) in [7, 11) is 0. The molecule has 9 heteroatoms. The van der Waals surface area contributed by atoms with Crippen LogP contribution >= 0.6 is 0 Å². The van der Waals surface area contributed by atoms with Crippen LogP contribution in [-0.2, 0) is 4.74 Å². The number of aliphatic hydroxyl groups excluding tert-OH is 2. The van der Waals surface area contributed by atoms with Crippen molar-refractivity contribution in [2.75, 3.05) is 12.3 Å². The number of nitrogens with two attached hydrogens (primary N) is 1. The summed E-state index contributed by atoms with van der Waals surface area (Å²) >= 11 is 0. The van der Waals surface area contributed by atoms with Gasteiger partial charge in [0.2, 0.25) is 0 Å². The second-order valence-corrected chi connectivity index (χ2v) is 3.85. The number of hydrogen-bond donors (Lipinski definition) is 3. The minimum atomic E-state index is -1.88. The minimum Gasteiger partial charge on any atom is -0.394 e. The fourth-order valence-electron chi connectivity index (χ4n) is 1.73.